The fourth-order valence-corrected chi connectivity index (χ4v) is 1.92. The van der Waals surface area contributed by atoms with E-state index in [1.807, 2.05) is 18.2 Å². The standard InChI is InChI=1S/C13H17N5O/c1-2-11(12-6-4-3-5-7-12)8-14-13(19)9-18-10-15-16-17-18/h3-7,10-11H,2,8-9H2,1H3,(H,14,19). The fourth-order valence-electron chi connectivity index (χ4n) is 1.92. The lowest BCUT2D eigenvalue weighted by molar-refractivity contribution is -0.121. The van der Waals surface area contributed by atoms with E-state index in [2.05, 4.69) is 39.9 Å². The van der Waals surface area contributed by atoms with Crippen LogP contribution in [0.5, 0.6) is 0 Å². The van der Waals surface area contributed by atoms with Crippen molar-refractivity contribution in [1.82, 2.24) is 25.5 Å². The van der Waals surface area contributed by atoms with E-state index in [0.717, 1.165) is 6.42 Å². The highest BCUT2D eigenvalue weighted by Crippen LogP contribution is 2.17. The van der Waals surface area contributed by atoms with Crippen molar-refractivity contribution < 1.29 is 4.79 Å². The number of hydrogen-bond donors (Lipinski definition) is 1. The molecule has 0 aliphatic carbocycles. The number of carbonyl (C=O) groups is 1. The molecule has 0 aliphatic rings. The SMILES string of the molecule is CCC(CNC(=O)Cn1cnnn1)c1ccccc1. The highest BCUT2D eigenvalue weighted by molar-refractivity contribution is 5.75. The smallest absolute Gasteiger partial charge is 0.241 e. The Bertz CT molecular complexity index is 497. The Morgan fingerprint density at radius 3 is 2.79 bits per heavy atom. The maximum atomic E-state index is 11.7. The molecule has 2 aromatic rings. The third kappa shape index (κ3) is 3.87. The molecule has 0 spiro atoms. The van der Waals surface area contributed by atoms with Crippen molar-refractivity contribution in [2.75, 3.05) is 6.54 Å². The quantitative estimate of drug-likeness (QED) is 0.839. The lowest BCUT2D eigenvalue weighted by atomic mass is 9.96. The van der Waals surface area contributed by atoms with E-state index in [-0.39, 0.29) is 12.5 Å². The van der Waals surface area contributed by atoms with E-state index >= 15 is 0 Å². The summed E-state index contributed by atoms with van der Waals surface area (Å²) >= 11 is 0. The first-order chi connectivity index (χ1) is 9.29. The Labute approximate surface area is 111 Å². The third-order valence-electron chi connectivity index (χ3n) is 3.01. The molecule has 0 bridgehead atoms. The van der Waals surface area contributed by atoms with E-state index in [1.54, 1.807) is 0 Å². The van der Waals surface area contributed by atoms with Gasteiger partial charge in [0.2, 0.25) is 5.91 Å². The molecule has 0 saturated carbocycles. The minimum absolute atomic E-state index is 0.0818. The van der Waals surface area contributed by atoms with Crippen LogP contribution in [-0.2, 0) is 11.3 Å². The normalized spacial score (nSPS) is 12.1. The van der Waals surface area contributed by atoms with Crippen molar-refractivity contribution >= 4 is 5.91 Å². The number of aromatic nitrogens is 4. The van der Waals surface area contributed by atoms with Gasteiger partial charge in [0.25, 0.3) is 0 Å². The molecule has 1 amide bonds. The monoisotopic (exact) mass is 259 g/mol. The lowest BCUT2D eigenvalue weighted by Gasteiger charge is -2.16. The van der Waals surface area contributed by atoms with Crippen molar-refractivity contribution in [3.8, 4) is 0 Å². The molecule has 6 heteroatoms. The van der Waals surface area contributed by atoms with Gasteiger partial charge in [-0.15, -0.1) is 5.10 Å². The summed E-state index contributed by atoms with van der Waals surface area (Å²) in [6, 6.07) is 10.2. The zero-order chi connectivity index (χ0) is 13.5. The molecule has 0 fully saturated rings. The predicted molar refractivity (Wildman–Crippen MR) is 70.3 cm³/mol. The van der Waals surface area contributed by atoms with Gasteiger partial charge in [-0.3, -0.25) is 4.79 Å². The second-order valence-corrected chi connectivity index (χ2v) is 4.33. The van der Waals surface area contributed by atoms with Crippen molar-refractivity contribution in [3.63, 3.8) is 0 Å². The van der Waals surface area contributed by atoms with Gasteiger partial charge in [-0.2, -0.15) is 0 Å². The van der Waals surface area contributed by atoms with E-state index in [0.29, 0.717) is 12.5 Å². The van der Waals surface area contributed by atoms with Crippen molar-refractivity contribution in [3.05, 3.63) is 42.2 Å². The fraction of sp³-hybridized carbons (Fsp3) is 0.385. The molecule has 1 aromatic carbocycles. The molecule has 0 aliphatic heterocycles. The molecule has 0 saturated heterocycles. The summed E-state index contributed by atoms with van der Waals surface area (Å²) in [5.74, 6) is 0.251. The topological polar surface area (TPSA) is 72.7 Å². The van der Waals surface area contributed by atoms with Gasteiger partial charge in [-0.1, -0.05) is 37.3 Å². The van der Waals surface area contributed by atoms with E-state index < -0.39 is 0 Å². The molecule has 1 aromatic heterocycles. The van der Waals surface area contributed by atoms with Crippen LogP contribution < -0.4 is 5.32 Å². The number of carbonyl (C=O) groups excluding carboxylic acids is 1. The van der Waals surface area contributed by atoms with Crippen LogP contribution in [0.2, 0.25) is 0 Å². The molecule has 0 radical (unpaired) electrons. The summed E-state index contributed by atoms with van der Waals surface area (Å²) in [7, 11) is 0. The van der Waals surface area contributed by atoms with Crippen LogP contribution in [-0.4, -0.2) is 32.7 Å². The summed E-state index contributed by atoms with van der Waals surface area (Å²) in [6.45, 7) is 2.89. The molecular weight excluding hydrogens is 242 g/mol. The maximum absolute atomic E-state index is 11.7. The summed E-state index contributed by atoms with van der Waals surface area (Å²) in [5.41, 5.74) is 1.24. The minimum Gasteiger partial charge on any atom is -0.354 e. The van der Waals surface area contributed by atoms with Gasteiger partial charge < -0.3 is 5.32 Å². The summed E-state index contributed by atoms with van der Waals surface area (Å²) in [4.78, 5) is 11.7. The molecule has 1 N–H and O–H groups in total. The number of tetrazole rings is 1. The Balaban J connectivity index is 1.85. The Morgan fingerprint density at radius 2 is 2.16 bits per heavy atom. The van der Waals surface area contributed by atoms with Crippen LogP contribution in [0, 0.1) is 0 Å². The summed E-state index contributed by atoms with van der Waals surface area (Å²) in [6.07, 6.45) is 2.41. The Morgan fingerprint density at radius 1 is 1.37 bits per heavy atom. The molecular formula is C13H17N5O. The lowest BCUT2D eigenvalue weighted by Crippen LogP contribution is -2.31. The molecule has 19 heavy (non-hydrogen) atoms. The average molecular weight is 259 g/mol. The largest absolute Gasteiger partial charge is 0.354 e. The van der Waals surface area contributed by atoms with Crippen LogP contribution in [0.15, 0.2) is 36.7 Å². The third-order valence-corrected chi connectivity index (χ3v) is 3.01. The number of hydrogen-bond acceptors (Lipinski definition) is 4. The molecule has 1 atom stereocenters. The number of rotatable bonds is 6. The van der Waals surface area contributed by atoms with Crippen LogP contribution in [0.1, 0.15) is 24.8 Å². The summed E-state index contributed by atoms with van der Waals surface area (Å²) in [5, 5.41) is 13.5. The Kier molecular flexibility index (Phi) is 4.60. The van der Waals surface area contributed by atoms with Gasteiger partial charge in [0.05, 0.1) is 0 Å². The minimum atomic E-state index is -0.0818. The first kappa shape index (κ1) is 13.2. The number of amides is 1. The van der Waals surface area contributed by atoms with Gasteiger partial charge >= 0.3 is 0 Å². The predicted octanol–water partition coefficient (Wildman–Crippen LogP) is 0.983. The highest BCUT2D eigenvalue weighted by Gasteiger charge is 2.11. The number of benzene rings is 1. The van der Waals surface area contributed by atoms with Crippen molar-refractivity contribution in [1.29, 1.82) is 0 Å². The van der Waals surface area contributed by atoms with Gasteiger partial charge in [0.15, 0.2) is 0 Å². The van der Waals surface area contributed by atoms with Crippen molar-refractivity contribution in [2.24, 2.45) is 0 Å². The molecule has 6 nitrogen and oxygen atoms in total. The van der Waals surface area contributed by atoms with Crippen LogP contribution in [0.3, 0.4) is 0 Å². The maximum Gasteiger partial charge on any atom is 0.241 e. The zero-order valence-corrected chi connectivity index (χ0v) is 10.9. The molecule has 100 valence electrons. The molecule has 1 heterocycles. The average Bonchev–Trinajstić information content (AvgIpc) is 2.93. The number of nitrogens with one attached hydrogen (secondary N) is 1. The highest BCUT2D eigenvalue weighted by atomic mass is 16.2. The first-order valence-electron chi connectivity index (χ1n) is 6.32. The molecule has 1 unspecified atom stereocenters. The van der Waals surface area contributed by atoms with Crippen LogP contribution in [0.25, 0.3) is 0 Å². The zero-order valence-electron chi connectivity index (χ0n) is 10.9. The van der Waals surface area contributed by atoms with Crippen molar-refractivity contribution in [2.45, 2.75) is 25.8 Å². The summed E-state index contributed by atoms with van der Waals surface area (Å²) < 4.78 is 1.40. The second-order valence-electron chi connectivity index (χ2n) is 4.33. The van der Waals surface area contributed by atoms with Gasteiger partial charge in [0, 0.05) is 12.5 Å². The van der Waals surface area contributed by atoms with E-state index in [9.17, 15) is 4.79 Å². The Hall–Kier alpha value is -2.24. The van der Waals surface area contributed by atoms with Gasteiger partial charge in [0.1, 0.15) is 12.9 Å². The first-order valence-corrected chi connectivity index (χ1v) is 6.32. The van der Waals surface area contributed by atoms with Crippen LogP contribution >= 0.6 is 0 Å². The van der Waals surface area contributed by atoms with Crippen LogP contribution in [0.4, 0.5) is 0 Å². The van der Waals surface area contributed by atoms with Gasteiger partial charge in [-0.05, 0) is 22.4 Å². The van der Waals surface area contributed by atoms with E-state index in [4.69, 9.17) is 0 Å². The van der Waals surface area contributed by atoms with E-state index in [1.165, 1.54) is 16.6 Å². The molecule has 2 rings (SSSR count). The van der Waals surface area contributed by atoms with Gasteiger partial charge in [-0.25, -0.2) is 4.68 Å². The number of nitrogens with zero attached hydrogens (tertiary/aromatic N) is 4. The second kappa shape index (κ2) is 6.63.